The standard InChI is InChI=1S/C25H30N4O6S2/c1-5-17-23(32)29-18(6-2)25(34)35-16(9-7-8-12-37-15(3)30)13-22(31)26-14-20-21(36-4)11-10-19(27-20)24(33)28-17/h5-7,9-11,16,18H,2,8,12-14H2,1,3-4H3,(H,26,31)(H,28,33)(H,29,32)/b9-7+,17-5-/t16-,18+/m1/s1. The highest BCUT2D eigenvalue weighted by atomic mass is 32.2. The maximum atomic E-state index is 12.8. The summed E-state index contributed by atoms with van der Waals surface area (Å²) in [7, 11) is 0. The minimum absolute atomic E-state index is 0.00698. The van der Waals surface area contributed by atoms with Gasteiger partial charge in [-0.1, -0.05) is 30.0 Å². The maximum Gasteiger partial charge on any atom is 0.333 e. The number of hydrogen-bond acceptors (Lipinski definition) is 9. The quantitative estimate of drug-likeness (QED) is 0.161. The fourth-order valence-electron chi connectivity index (χ4n) is 3.13. The molecule has 2 heterocycles. The first-order chi connectivity index (χ1) is 17.7. The number of carbonyl (C=O) groups is 5. The summed E-state index contributed by atoms with van der Waals surface area (Å²) in [5.74, 6) is -2.04. The predicted octanol–water partition coefficient (Wildman–Crippen LogP) is 2.27. The second-order valence-electron chi connectivity index (χ2n) is 7.70. The molecule has 1 aromatic heterocycles. The molecule has 1 aliphatic rings. The van der Waals surface area contributed by atoms with Crippen LogP contribution < -0.4 is 16.0 Å². The van der Waals surface area contributed by atoms with E-state index in [4.69, 9.17) is 4.74 Å². The first-order valence-corrected chi connectivity index (χ1v) is 13.6. The Bertz CT molecular complexity index is 1120. The fourth-order valence-corrected chi connectivity index (χ4v) is 4.23. The van der Waals surface area contributed by atoms with Crippen molar-refractivity contribution in [3.8, 4) is 0 Å². The van der Waals surface area contributed by atoms with Gasteiger partial charge >= 0.3 is 5.97 Å². The number of esters is 1. The van der Waals surface area contributed by atoms with E-state index in [2.05, 4.69) is 27.5 Å². The SMILES string of the molecule is C=C[C@@H]1NC(=O)/C(=C/C)NC(=O)c2ccc(SC)c(n2)CNC(=O)C[C@@H](/C=C/CCSC(C)=O)OC1=O. The van der Waals surface area contributed by atoms with E-state index in [0.717, 1.165) is 16.7 Å². The molecular formula is C25H30N4O6S2. The number of thioether (sulfide) groups is 2. The van der Waals surface area contributed by atoms with Crippen LogP contribution in [0.4, 0.5) is 0 Å². The summed E-state index contributed by atoms with van der Waals surface area (Å²) in [5.41, 5.74) is 0.455. The zero-order valence-corrected chi connectivity index (χ0v) is 22.5. The number of fused-ring (bicyclic) bond motifs is 2. The molecule has 12 heteroatoms. The molecule has 0 radical (unpaired) electrons. The van der Waals surface area contributed by atoms with Crippen LogP contribution in [0.15, 0.2) is 53.6 Å². The zero-order valence-electron chi connectivity index (χ0n) is 20.9. The van der Waals surface area contributed by atoms with E-state index in [9.17, 15) is 24.0 Å². The van der Waals surface area contributed by atoms with Crippen LogP contribution >= 0.6 is 23.5 Å². The van der Waals surface area contributed by atoms with Crippen LogP contribution in [0.25, 0.3) is 0 Å². The lowest BCUT2D eigenvalue weighted by Gasteiger charge is -2.20. The zero-order chi connectivity index (χ0) is 27.4. The summed E-state index contributed by atoms with van der Waals surface area (Å²) in [4.78, 5) is 67.3. The number of rotatable bonds is 6. The molecule has 10 nitrogen and oxygen atoms in total. The monoisotopic (exact) mass is 546 g/mol. The van der Waals surface area contributed by atoms with E-state index in [-0.39, 0.29) is 29.5 Å². The lowest BCUT2D eigenvalue weighted by atomic mass is 10.2. The first kappa shape index (κ1) is 29.8. The molecule has 2 bridgehead atoms. The van der Waals surface area contributed by atoms with Crippen LogP contribution in [-0.4, -0.2) is 57.9 Å². The Labute approximate surface area is 224 Å². The van der Waals surface area contributed by atoms with Crippen molar-refractivity contribution < 1.29 is 28.7 Å². The van der Waals surface area contributed by atoms with E-state index in [1.807, 2.05) is 6.26 Å². The molecular weight excluding hydrogens is 516 g/mol. The number of amides is 3. The average molecular weight is 547 g/mol. The lowest BCUT2D eigenvalue weighted by molar-refractivity contribution is -0.150. The summed E-state index contributed by atoms with van der Waals surface area (Å²) in [6.07, 6.45) is 7.15. The van der Waals surface area contributed by atoms with E-state index in [1.165, 1.54) is 36.9 Å². The van der Waals surface area contributed by atoms with Gasteiger partial charge in [0.2, 0.25) is 5.91 Å². The van der Waals surface area contributed by atoms with Gasteiger partial charge < -0.3 is 20.7 Å². The molecule has 0 fully saturated rings. The van der Waals surface area contributed by atoms with Gasteiger partial charge in [-0.3, -0.25) is 19.2 Å². The Morgan fingerprint density at radius 2 is 2.00 bits per heavy atom. The fraction of sp³-hybridized carbons (Fsp3) is 0.360. The Morgan fingerprint density at radius 3 is 2.65 bits per heavy atom. The van der Waals surface area contributed by atoms with Crippen LogP contribution in [0.1, 0.15) is 42.9 Å². The van der Waals surface area contributed by atoms with Crippen molar-refractivity contribution >= 4 is 52.3 Å². The molecule has 0 unspecified atom stereocenters. The van der Waals surface area contributed by atoms with Crippen molar-refractivity contribution in [2.45, 2.75) is 50.3 Å². The summed E-state index contributed by atoms with van der Waals surface area (Å²) < 4.78 is 5.51. The van der Waals surface area contributed by atoms with Gasteiger partial charge in [-0.15, -0.1) is 18.3 Å². The van der Waals surface area contributed by atoms with Crippen LogP contribution in [-0.2, 0) is 30.5 Å². The van der Waals surface area contributed by atoms with Gasteiger partial charge in [0, 0.05) is 17.6 Å². The highest BCUT2D eigenvalue weighted by molar-refractivity contribution is 8.13. The molecule has 3 amide bonds. The Morgan fingerprint density at radius 1 is 1.24 bits per heavy atom. The minimum atomic E-state index is -1.23. The predicted molar refractivity (Wildman–Crippen MR) is 143 cm³/mol. The number of cyclic esters (lactones) is 1. The third-order valence-electron chi connectivity index (χ3n) is 4.99. The Hall–Kier alpha value is -3.38. The lowest BCUT2D eigenvalue weighted by Crippen LogP contribution is -2.45. The third-order valence-corrected chi connectivity index (χ3v) is 6.65. The number of ether oxygens (including phenoxy) is 1. The van der Waals surface area contributed by atoms with Crippen LogP contribution in [0.5, 0.6) is 0 Å². The van der Waals surface area contributed by atoms with Crippen molar-refractivity contribution in [2.24, 2.45) is 0 Å². The summed E-state index contributed by atoms with van der Waals surface area (Å²) in [5, 5.41) is 7.71. The van der Waals surface area contributed by atoms with Crippen molar-refractivity contribution in [2.75, 3.05) is 12.0 Å². The van der Waals surface area contributed by atoms with Crippen LogP contribution in [0, 0.1) is 0 Å². The number of carbonyl (C=O) groups excluding carboxylic acids is 5. The van der Waals surface area contributed by atoms with Crippen molar-refractivity contribution in [3.05, 3.63) is 60.1 Å². The van der Waals surface area contributed by atoms with Crippen LogP contribution in [0.2, 0.25) is 0 Å². The molecule has 1 aromatic rings. The number of nitrogens with one attached hydrogen (secondary N) is 3. The second-order valence-corrected chi connectivity index (χ2v) is 9.82. The van der Waals surface area contributed by atoms with Gasteiger partial charge in [-0.2, -0.15) is 0 Å². The molecule has 0 saturated carbocycles. The van der Waals surface area contributed by atoms with E-state index in [1.54, 1.807) is 25.1 Å². The van der Waals surface area contributed by atoms with Crippen molar-refractivity contribution in [3.63, 3.8) is 0 Å². The van der Waals surface area contributed by atoms with Gasteiger partial charge in [0.1, 0.15) is 23.5 Å². The van der Waals surface area contributed by atoms with Crippen LogP contribution in [0.3, 0.4) is 0 Å². The van der Waals surface area contributed by atoms with Gasteiger partial charge in [-0.05, 0) is 37.8 Å². The van der Waals surface area contributed by atoms with Gasteiger partial charge in [0.25, 0.3) is 11.8 Å². The summed E-state index contributed by atoms with van der Waals surface area (Å²) in [6, 6.07) is 2.01. The highest BCUT2D eigenvalue weighted by Crippen LogP contribution is 2.19. The molecule has 1 aliphatic heterocycles. The third kappa shape index (κ3) is 9.54. The molecule has 3 N–H and O–H groups in total. The molecule has 198 valence electrons. The van der Waals surface area contributed by atoms with Crippen molar-refractivity contribution in [1.82, 2.24) is 20.9 Å². The molecule has 37 heavy (non-hydrogen) atoms. The van der Waals surface area contributed by atoms with E-state index in [0.29, 0.717) is 17.9 Å². The number of hydrogen-bond donors (Lipinski definition) is 3. The number of allylic oxidation sites excluding steroid dienone is 2. The van der Waals surface area contributed by atoms with E-state index >= 15 is 0 Å². The Balaban J connectivity index is 2.37. The number of nitrogens with zero attached hydrogens (tertiary/aromatic N) is 1. The highest BCUT2D eigenvalue weighted by Gasteiger charge is 2.26. The molecule has 0 saturated heterocycles. The summed E-state index contributed by atoms with van der Waals surface area (Å²) >= 11 is 2.57. The minimum Gasteiger partial charge on any atom is -0.456 e. The first-order valence-electron chi connectivity index (χ1n) is 11.4. The largest absolute Gasteiger partial charge is 0.456 e. The number of pyridine rings is 1. The normalized spacial score (nSPS) is 20.7. The molecule has 2 atom stereocenters. The molecule has 0 spiro atoms. The van der Waals surface area contributed by atoms with Gasteiger partial charge in [-0.25, -0.2) is 9.78 Å². The van der Waals surface area contributed by atoms with E-state index < -0.39 is 35.8 Å². The molecule has 0 aromatic carbocycles. The topological polar surface area (TPSA) is 144 Å². The molecule has 0 aliphatic carbocycles. The van der Waals surface area contributed by atoms with Gasteiger partial charge in [0.15, 0.2) is 5.12 Å². The molecule has 2 rings (SSSR count). The summed E-state index contributed by atoms with van der Waals surface area (Å²) in [6.45, 7) is 6.65. The Kier molecular flexibility index (Phi) is 12.1. The smallest absolute Gasteiger partial charge is 0.333 e. The van der Waals surface area contributed by atoms with Crippen molar-refractivity contribution in [1.29, 1.82) is 0 Å². The average Bonchev–Trinajstić information content (AvgIpc) is 2.87. The van der Waals surface area contributed by atoms with Gasteiger partial charge in [0.05, 0.1) is 18.7 Å². The number of aromatic nitrogens is 1. The second kappa shape index (κ2) is 15.0. The maximum absolute atomic E-state index is 12.8.